The number of aromatic nitrogens is 2. The number of piperidine rings is 2. The Morgan fingerprint density at radius 1 is 0.429 bits per heavy atom. The second-order valence-corrected chi connectivity index (χ2v) is 19.4. The maximum absolute atomic E-state index is 14.0. The van der Waals surface area contributed by atoms with E-state index in [9.17, 15) is 19.2 Å². The molecule has 7 aliphatic heterocycles. The second kappa shape index (κ2) is 19.3. The highest BCUT2D eigenvalue weighted by Crippen LogP contribution is 2.41. The van der Waals surface area contributed by atoms with Crippen molar-refractivity contribution in [2.24, 2.45) is 11.8 Å². The predicted molar refractivity (Wildman–Crippen MR) is 251 cm³/mol. The van der Waals surface area contributed by atoms with Gasteiger partial charge in [0.2, 0.25) is 0 Å². The molecule has 0 unspecified atom stereocenters. The van der Waals surface area contributed by atoms with Crippen LogP contribution in [0.1, 0.15) is 145 Å². The standard InChI is InChI=1S/C53H68N6O4/c1-56-50(60)46-44-38-22-16-18-24-40(38)54-42(44)26-14-9-7-5-3-4-6-8-10-15-27-43-45(39-23-17-19-25-41(39)55-43)47-49(53(63)57(2)51(47)61)59-34-30-37(31-35-59)21-13-11-12-20-36-28-32-58(33-29-36)48(46)52(56)62/h16-19,22-25,36-37,54-55H,3-15,20-21,26-35H2,1-2H3. The molecule has 2 fully saturated rings. The summed E-state index contributed by atoms with van der Waals surface area (Å²) in [5.41, 5.74) is 8.48. The molecule has 7 aliphatic rings. The first kappa shape index (κ1) is 43.1. The Hall–Kier alpha value is -5.12. The summed E-state index contributed by atoms with van der Waals surface area (Å²) < 4.78 is 0. The number of fused-ring (bicyclic) bond motifs is 4. The summed E-state index contributed by atoms with van der Waals surface area (Å²) in [7, 11) is 3.29. The maximum Gasteiger partial charge on any atom is 0.277 e. The molecule has 2 aromatic heterocycles. The average Bonchev–Trinajstić information content (AvgIpc) is 3.98. The summed E-state index contributed by atoms with van der Waals surface area (Å²) >= 11 is 0. The number of nitrogens with zero attached hydrogens (tertiary/aromatic N) is 4. The van der Waals surface area contributed by atoms with Crippen LogP contribution in [-0.4, -0.2) is 93.5 Å². The number of benzene rings is 2. The van der Waals surface area contributed by atoms with Crippen LogP contribution in [0.25, 0.3) is 33.0 Å². The van der Waals surface area contributed by atoms with Gasteiger partial charge >= 0.3 is 0 Å². The monoisotopic (exact) mass is 853 g/mol. The van der Waals surface area contributed by atoms with Gasteiger partial charge in [-0.1, -0.05) is 120 Å². The summed E-state index contributed by atoms with van der Waals surface area (Å²) in [6.07, 6.45) is 23.5. The van der Waals surface area contributed by atoms with Gasteiger partial charge in [-0.05, 0) is 75.3 Å². The summed E-state index contributed by atoms with van der Waals surface area (Å²) in [6.45, 7) is 3.21. The minimum Gasteiger partial charge on any atom is -0.366 e. The molecule has 10 heteroatoms. The van der Waals surface area contributed by atoms with Crippen molar-refractivity contribution in [3.05, 3.63) is 82.4 Å². The third-order valence-electron chi connectivity index (χ3n) is 15.3. The molecular formula is C53H68N6O4. The van der Waals surface area contributed by atoms with E-state index in [4.69, 9.17) is 0 Å². The Bertz CT molecular complexity index is 2240. The second-order valence-electron chi connectivity index (χ2n) is 19.4. The van der Waals surface area contributed by atoms with Crippen LogP contribution in [0.4, 0.5) is 0 Å². The molecule has 0 radical (unpaired) electrons. The highest BCUT2D eigenvalue weighted by atomic mass is 16.2. The number of para-hydroxylation sites is 2. The van der Waals surface area contributed by atoms with Gasteiger partial charge in [0.1, 0.15) is 11.4 Å². The van der Waals surface area contributed by atoms with E-state index in [1.807, 2.05) is 24.3 Å². The van der Waals surface area contributed by atoms with Crippen molar-refractivity contribution in [3.63, 3.8) is 0 Å². The van der Waals surface area contributed by atoms with Gasteiger partial charge in [-0.3, -0.25) is 29.0 Å². The molecule has 0 atom stereocenters. The Morgan fingerprint density at radius 3 is 1.17 bits per heavy atom. The smallest absolute Gasteiger partial charge is 0.277 e. The van der Waals surface area contributed by atoms with Crippen LogP contribution in [-0.2, 0) is 32.0 Å². The fourth-order valence-electron chi connectivity index (χ4n) is 11.6. The normalized spacial score (nSPS) is 23.6. The lowest BCUT2D eigenvalue weighted by atomic mass is 9.88. The zero-order valence-corrected chi connectivity index (χ0v) is 37.9. The molecular weight excluding hydrogens is 785 g/mol. The van der Waals surface area contributed by atoms with Crippen LogP contribution in [0.15, 0.2) is 59.9 Å². The predicted octanol–water partition coefficient (Wildman–Crippen LogP) is 10.1. The highest BCUT2D eigenvalue weighted by Gasteiger charge is 2.43. The number of rotatable bonds is 0. The van der Waals surface area contributed by atoms with Gasteiger partial charge in [0.15, 0.2) is 0 Å². The number of carbonyl (C=O) groups excluding carboxylic acids is 4. The van der Waals surface area contributed by atoms with Crippen molar-refractivity contribution >= 4 is 56.6 Å². The number of likely N-dealkylation sites (N-methyl/N-ethyl adjacent to an activating group) is 2. The van der Waals surface area contributed by atoms with E-state index < -0.39 is 0 Å². The molecule has 0 spiro atoms. The van der Waals surface area contributed by atoms with Crippen molar-refractivity contribution in [1.29, 1.82) is 0 Å². The minimum absolute atomic E-state index is 0.167. The maximum atomic E-state index is 14.0. The van der Waals surface area contributed by atoms with Gasteiger partial charge in [0.25, 0.3) is 23.6 Å². The Kier molecular flexibility index (Phi) is 13.2. The lowest BCUT2D eigenvalue weighted by molar-refractivity contribution is -0.137. The van der Waals surface area contributed by atoms with E-state index in [2.05, 4.69) is 44.0 Å². The Morgan fingerprint density at radius 2 is 0.778 bits per heavy atom. The van der Waals surface area contributed by atoms with Gasteiger partial charge < -0.3 is 19.8 Å². The van der Waals surface area contributed by atoms with Crippen LogP contribution in [0, 0.1) is 11.8 Å². The molecule has 10 nitrogen and oxygen atoms in total. The van der Waals surface area contributed by atoms with Gasteiger partial charge in [-0.15, -0.1) is 0 Å². The molecule has 11 rings (SSSR count). The number of hydrogen-bond acceptors (Lipinski definition) is 6. The molecule has 2 saturated heterocycles. The number of H-pyrrole nitrogens is 2. The zero-order valence-electron chi connectivity index (χ0n) is 37.9. The first-order valence-electron chi connectivity index (χ1n) is 24.6. The lowest BCUT2D eigenvalue weighted by Crippen LogP contribution is -2.37. The number of aromatic amines is 2. The van der Waals surface area contributed by atoms with E-state index in [0.29, 0.717) is 34.4 Å². The summed E-state index contributed by atoms with van der Waals surface area (Å²) in [5.74, 6) is 0.565. The van der Waals surface area contributed by atoms with E-state index in [1.54, 1.807) is 14.1 Å². The Balaban J connectivity index is 0.904. The van der Waals surface area contributed by atoms with Crippen LogP contribution in [0.5, 0.6) is 0 Å². The molecule has 334 valence electrons. The van der Waals surface area contributed by atoms with E-state index in [1.165, 1.54) is 80.4 Å². The quantitative estimate of drug-likeness (QED) is 0.170. The molecule has 2 aromatic carbocycles. The number of carbonyl (C=O) groups is 4. The molecule has 2 N–H and O–H groups in total. The van der Waals surface area contributed by atoms with Crippen LogP contribution in [0.3, 0.4) is 0 Å². The van der Waals surface area contributed by atoms with Crippen molar-refractivity contribution in [2.75, 3.05) is 40.3 Å². The number of imide groups is 2. The molecule has 63 heavy (non-hydrogen) atoms. The summed E-state index contributed by atoms with van der Waals surface area (Å²) in [4.78, 5) is 70.2. The highest BCUT2D eigenvalue weighted by molar-refractivity contribution is 6.38. The summed E-state index contributed by atoms with van der Waals surface area (Å²) in [6, 6.07) is 16.5. The number of nitrogens with one attached hydrogen (secondary N) is 2. The third-order valence-corrected chi connectivity index (χ3v) is 15.3. The van der Waals surface area contributed by atoms with Crippen LogP contribution < -0.4 is 0 Å². The van der Waals surface area contributed by atoms with Gasteiger partial charge in [-0.25, -0.2) is 0 Å². The average molecular weight is 853 g/mol. The number of hydrogen-bond donors (Lipinski definition) is 2. The third kappa shape index (κ3) is 8.76. The van der Waals surface area contributed by atoms with Crippen LogP contribution in [0.2, 0.25) is 0 Å². The number of amides is 4. The van der Waals surface area contributed by atoms with Gasteiger partial charge in [0, 0.05) is 84.6 Å². The summed E-state index contributed by atoms with van der Waals surface area (Å²) in [5, 5.41) is 2.06. The molecule has 4 bridgehead atoms. The molecule has 4 aromatic rings. The van der Waals surface area contributed by atoms with Crippen LogP contribution >= 0.6 is 0 Å². The molecule has 0 aliphatic carbocycles. The van der Waals surface area contributed by atoms with Crippen molar-refractivity contribution < 1.29 is 19.2 Å². The molecule has 4 amide bonds. The van der Waals surface area contributed by atoms with E-state index in [-0.39, 0.29) is 23.6 Å². The van der Waals surface area contributed by atoms with Gasteiger partial charge in [0.05, 0.1) is 11.1 Å². The molecule has 9 heterocycles. The van der Waals surface area contributed by atoms with Crippen molar-refractivity contribution in [2.45, 2.75) is 135 Å². The fourth-order valence-corrected chi connectivity index (χ4v) is 11.6. The topological polar surface area (TPSA) is 113 Å². The number of aryl methyl sites for hydroxylation is 2. The fraction of sp³-hybridized carbons (Fsp3) is 0.547. The first-order chi connectivity index (χ1) is 30.8. The first-order valence-corrected chi connectivity index (χ1v) is 24.6. The van der Waals surface area contributed by atoms with Crippen molar-refractivity contribution in [1.82, 2.24) is 29.6 Å². The zero-order chi connectivity index (χ0) is 43.5. The van der Waals surface area contributed by atoms with Gasteiger partial charge in [-0.2, -0.15) is 0 Å². The van der Waals surface area contributed by atoms with E-state index in [0.717, 1.165) is 135 Å². The van der Waals surface area contributed by atoms with E-state index >= 15 is 0 Å². The lowest BCUT2D eigenvalue weighted by Gasteiger charge is -2.34. The SMILES string of the molecule is CN1C(=O)C2=C(C1=O)N1CCC(CCCCCC3CCN(CC3)C3=C(C(=O)N(C)C3=O)c3c([nH]c4ccccc34)CCCCCCCCCCCCc3[nH]c4ccccc4c32)CC1. The largest absolute Gasteiger partial charge is 0.366 e. The van der Waals surface area contributed by atoms with Crippen molar-refractivity contribution in [3.8, 4) is 0 Å². The molecule has 0 saturated carbocycles. The minimum atomic E-state index is -0.180. The Labute approximate surface area is 373 Å².